The van der Waals surface area contributed by atoms with Crippen LogP contribution in [0.4, 0.5) is 4.39 Å². The number of benzene rings is 3. The summed E-state index contributed by atoms with van der Waals surface area (Å²) in [4.78, 5) is 11.9. The highest BCUT2D eigenvalue weighted by atomic mass is 19.1. The molecule has 3 aromatic rings. The van der Waals surface area contributed by atoms with Crippen LogP contribution in [-0.2, 0) is 11.3 Å². The molecule has 1 N–H and O–H groups in total. The molecule has 0 bridgehead atoms. The Morgan fingerprint density at radius 1 is 0.958 bits per heavy atom. The van der Waals surface area contributed by atoms with Crippen molar-refractivity contribution >= 4 is 16.7 Å². The largest absolute Gasteiger partial charge is 0.490 e. The fourth-order valence-electron chi connectivity index (χ4n) is 2.45. The van der Waals surface area contributed by atoms with Crippen molar-refractivity contribution in [3.05, 3.63) is 78.1 Å². The Kier molecular flexibility index (Phi) is 5.06. The summed E-state index contributed by atoms with van der Waals surface area (Å²) in [5.74, 6) is -0.381. The molecule has 0 saturated heterocycles. The van der Waals surface area contributed by atoms with Gasteiger partial charge in [0.1, 0.15) is 0 Å². The summed E-state index contributed by atoms with van der Waals surface area (Å²) in [5, 5.41) is 5.17. The summed E-state index contributed by atoms with van der Waals surface area (Å²) in [6.45, 7) is 0.605. The first-order valence-corrected chi connectivity index (χ1v) is 7.84. The molecule has 0 aliphatic heterocycles. The third-order valence-corrected chi connectivity index (χ3v) is 3.73. The number of carbonyl (C=O) groups excluding carboxylic acids is 1. The molecule has 0 aliphatic rings. The van der Waals surface area contributed by atoms with E-state index in [1.165, 1.54) is 11.5 Å². The van der Waals surface area contributed by atoms with Gasteiger partial charge in [0.25, 0.3) is 0 Å². The van der Waals surface area contributed by atoms with Crippen molar-refractivity contribution < 1.29 is 13.9 Å². The van der Waals surface area contributed by atoms with Crippen LogP contribution in [0.2, 0.25) is 0 Å². The van der Waals surface area contributed by atoms with Gasteiger partial charge in [0.15, 0.2) is 11.6 Å². The predicted molar refractivity (Wildman–Crippen MR) is 92.3 cm³/mol. The molecule has 0 aliphatic carbocycles. The van der Waals surface area contributed by atoms with Gasteiger partial charge in [-0.25, -0.2) is 4.39 Å². The molecule has 3 rings (SSSR count). The first-order chi connectivity index (χ1) is 11.7. The molecule has 0 spiro atoms. The normalized spacial score (nSPS) is 10.5. The number of hydrogen-bond donors (Lipinski definition) is 1. The Labute approximate surface area is 140 Å². The van der Waals surface area contributed by atoms with Gasteiger partial charge in [-0.2, -0.15) is 0 Å². The second-order valence-corrected chi connectivity index (χ2v) is 5.49. The summed E-state index contributed by atoms with van der Waals surface area (Å²) < 4.78 is 18.7. The van der Waals surface area contributed by atoms with Crippen LogP contribution in [0.15, 0.2) is 66.7 Å². The van der Waals surface area contributed by atoms with Crippen molar-refractivity contribution in [3.8, 4) is 5.75 Å². The number of halogens is 1. The molecule has 0 atom stereocenters. The van der Waals surface area contributed by atoms with Gasteiger partial charge in [-0.3, -0.25) is 4.79 Å². The standard InChI is InChI=1S/C20H18FNO2/c21-18-7-3-4-8-19(18)24-12-11-20(23)22-14-15-9-10-16-5-1-2-6-17(16)13-15/h1-10,13H,11-12,14H2,(H,22,23). The third kappa shape index (κ3) is 4.10. The van der Waals surface area contributed by atoms with Crippen LogP contribution < -0.4 is 10.1 Å². The molecular weight excluding hydrogens is 305 g/mol. The minimum Gasteiger partial charge on any atom is -0.490 e. The first kappa shape index (κ1) is 16.0. The van der Waals surface area contributed by atoms with Gasteiger partial charge in [0.05, 0.1) is 13.0 Å². The van der Waals surface area contributed by atoms with Crippen LogP contribution >= 0.6 is 0 Å². The van der Waals surface area contributed by atoms with Crippen LogP contribution in [-0.4, -0.2) is 12.5 Å². The molecule has 0 heterocycles. The number of rotatable bonds is 6. The van der Waals surface area contributed by atoms with Crippen LogP contribution in [0, 0.1) is 5.82 Å². The summed E-state index contributed by atoms with van der Waals surface area (Å²) in [6.07, 6.45) is 0.182. The molecular formula is C20H18FNO2. The van der Waals surface area contributed by atoms with Crippen molar-refractivity contribution in [2.45, 2.75) is 13.0 Å². The molecule has 0 saturated carbocycles. The van der Waals surface area contributed by atoms with E-state index in [0.29, 0.717) is 6.54 Å². The van der Waals surface area contributed by atoms with Gasteiger partial charge < -0.3 is 10.1 Å². The maximum absolute atomic E-state index is 13.4. The molecule has 0 fully saturated rings. The molecule has 0 unspecified atom stereocenters. The zero-order valence-corrected chi connectivity index (χ0v) is 13.2. The number of para-hydroxylation sites is 1. The molecule has 4 heteroatoms. The van der Waals surface area contributed by atoms with Crippen LogP contribution in [0.25, 0.3) is 10.8 Å². The molecule has 0 radical (unpaired) electrons. The zero-order chi connectivity index (χ0) is 16.8. The minimum absolute atomic E-state index is 0.125. The Hall–Kier alpha value is -2.88. The molecule has 3 aromatic carbocycles. The highest BCUT2D eigenvalue weighted by Crippen LogP contribution is 2.16. The molecule has 122 valence electrons. The SMILES string of the molecule is O=C(CCOc1ccccc1F)NCc1ccc2ccccc2c1. The smallest absolute Gasteiger partial charge is 0.223 e. The van der Waals surface area contributed by atoms with Crippen molar-refractivity contribution in [1.29, 1.82) is 0 Å². The average molecular weight is 323 g/mol. The maximum Gasteiger partial charge on any atom is 0.223 e. The van der Waals surface area contributed by atoms with E-state index in [0.717, 1.165) is 10.9 Å². The van der Waals surface area contributed by atoms with Crippen molar-refractivity contribution in [2.75, 3.05) is 6.61 Å². The van der Waals surface area contributed by atoms with Crippen LogP contribution in [0.1, 0.15) is 12.0 Å². The van der Waals surface area contributed by atoms with E-state index in [2.05, 4.69) is 17.4 Å². The molecule has 3 nitrogen and oxygen atoms in total. The maximum atomic E-state index is 13.4. The van der Waals surface area contributed by atoms with Gasteiger partial charge in [0, 0.05) is 6.54 Å². The van der Waals surface area contributed by atoms with Gasteiger partial charge in [-0.15, -0.1) is 0 Å². The van der Waals surface area contributed by atoms with E-state index in [9.17, 15) is 9.18 Å². The Morgan fingerprint density at radius 3 is 2.54 bits per heavy atom. The monoisotopic (exact) mass is 323 g/mol. The van der Waals surface area contributed by atoms with Crippen molar-refractivity contribution in [2.24, 2.45) is 0 Å². The topological polar surface area (TPSA) is 38.3 Å². The Balaban J connectivity index is 1.47. The number of carbonyl (C=O) groups is 1. The quantitative estimate of drug-likeness (QED) is 0.743. The highest BCUT2D eigenvalue weighted by molar-refractivity contribution is 5.83. The van der Waals surface area contributed by atoms with E-state index in [4.69, 9.17) is 4.74 Å². The average Bonchev–Trinajstić information content (AvgIpc) is 2.61. The first-order valence-electron chi connectivity index (χ1n) is 7.84. The van der Waals surface area contributed by atoms with E-state index in [1.54, 1.807) is 18.2 Å². The summed E-state index contributed by atoms with van der Waals surface area (Å²) in [6, 6.07) is 20.3. The number of nitrogens with one attached hydrogen (secondary N) is 1. The summed E-state index contributed by atoms with van der Waals surface area (Å²) in [5.41, 5.74) is 1.04. The summed E-state index contributed by atoms with van der Waals surface area (Å²) in [7, 11) is 0. The Morgan fingerprint density at radius 2 is 1.71 bits per heavy atom. The predicted octanol–water partition coefficient (Wildman–Crippen LogP) is 4.06. The lowest BCUT2D eigenvalue weighted by Gasteiger charge is -2.08. The number of fused-ring (bicyclic) bond motifs is 1. The number of hydrogen-bond acceptors (Lipinski definition) is 2. The van der Waals surface area contributed by atoms with Gasteiger partial charge in [0.2, 0.25) is 5.91 Å². The van der Waals surface area contributed by atoms with E-state index in [-0.39, 0.29) is 24.7 Å². The second kappa shape index (κ2) is 7.59. The molecule has 1 amide bonds. The third-order valence-electron chi connectivity index (χ3n) is 3.73. The van der Waals surface area contributed by atoms with E-state index in [1.807, 2.05) is 30.3 Å². The van der Waals surface area contributed by atoms with Crippen LogP contribution in [0.5, 0.6) is 5.75 Å². The lowest BCUT2D eigenvalue weighted by atomic mass is 10.1. The lowest BCUT2D eigenvalue weighted by molar-refractivity contribution is -0.121. The summed E-state index contributed by atoms with van der Waals surface area (Å²) >= 11 is 0. The van der Waals surface area contributed by atoms with Crippen LogP contribution in [0.3, 0.4) is 0 Å². The van der Waals surface area contributed by atoms with Crippen molar-refractivity contribution in [3.63, 3.8) is 0 Å². The molecule has 24 heavy (non-hydrogen) atoms. The van der Waals surface area contributed by atoms with Gasteiger partial charge in [-0.05, 0) is 34.5 Å². The number of ether oxygens (including phenoxy) is 1. The second-order valence-electron chi connectivity index (χ2n) is 5.49. The molecule has 0 aromatic heterocycles. The van der Waals surface area contributed by atoms with E-state index < -0.39 is 5.82 Å². The van der Waals surface area contributed by atoms with Crippen molar-refractivity contribution in [1.82, 2.24) is 5.32 Å². The fourth-order valence-corrected chi connectivity index (χ4v) is 2.45. The van der Waals surface area contributed by atoms with E-state index >= 15 is 0 Å². The fraction of sp³-hybridized carbons (Fsp3) is 0.150. The zero-order valence-electron chi connectivity index (χ0n) is 13.2. The van der Waals surface area contributed by atoms with Gasteiger partial charge in [-0.1, -0.05) is 48.5 Å². The highest BCUT2D eigenvalue weighted by Gasteiger charge is 2.05. The number of amides is 1. The minimum atomic E-state index is -0.422. The van der Waals surface area contributed by atoms with Gasteiger partial charge >= 0.3 is 0 Å². The Bertz CT molecular complexity index is 848. The lowest BCUT2D eigenvalue weighted by Crippen LogP contribution is -2.24.